The summed E-state index contributed by atoms with van der Waals surface area (Å²) in [6.07, 6.45) is 8.25. The molecule has 12 heavy (non-hydrogen) atoms. The molecule has 0 aromatic heterocycles. The molecule has 1 unspecified atom stereocenters. The fraction of sp³-hybridized carbons (Fsp3) is 0.636. The van der Waals surface area contributed by atoms with Gasteiger partial charge in [-0.15, -0.1) is 11.6 Å². The first kappa shape index (κ1) is 11.8. The van der Waals surface area contributed by atoms with Crippen LogP contribution in [0.2, 0.25) is 0 Å². The summed E-state index contributed by atoms with van der Waals surface area (Å²) in [5, 5.41) is 0. The first-order valence-electron chi connectivity index (χ1n) is 4.55. The van der Waals surface area contributed by atoms with Crippen LogP contribution < -0.4 is 0 Å². The van der Waals surface area contributed by atoms with Crippen LogP contribution in [0.25, 0.3) is 0 Å². The van der Waals surface area contributed by atoms with Gasteiger partial charge in [-0.1, -0.05) is 38.7 Å². The third-order valence-corrected chi connectivity index (χ3v) is 2.51. The highest BCUT2D eigenvalue weighted by Crippen LogP contribution is 2.18. The van der Waals surface area contributed by atoms with Gasteiger partial charge in [0, 0.05) is 5.88 Å². The topological polar surface area (TPSA) is 0 Å². The van der Waals surface area contributed by atoms with Crippen LogP contribution in [0.3, 0.4) is 0 Å². The van der Waals surface area contributed by atoms with Crippen LogP contribution in [0, 0.1) is 11.8 Å². The number of hydrogen-bond donors (Lipinski definition) is 0. The second-order valence-corrected chi connectivity index (χ2v) is 3.71. The molecule has 0 saturated carbocycles. The second kappa shape index (κ2) is 7.42. The predicted molar refractivity (Wildman–Crippen MR) is 57.6 cm³/mol. The summed E-state index contributed by atoms with van der Waals surface area (Å²) >= 11 is 5.83. The molecule has 0 aliphatic heterocycles. The largest absolute Gasteiger partial charge is 0.126 e. The van der Waals surface area contributed by atoms with Crippen LogP contribution in [0.1, 0.15) is 26.7 Å². The summed E-state index contributed by atoms with van der Waals surface area (Å²) in [5.74, 6) is 2.13. The van der Waals surface area contributed by atoms with E-state index in [4.69, 9.17) is 11.6 Å². The first-order valence-corrected chi connectivity index (χ1v) is 5.09. The Hall–Kier alpha value is -0.230. The molecule has 0 rings (SSSR count). The van der Waals surface area contributed by atoms with Gasteiger partial charge < -0.3 is 0 Å². The molecular weight excluding hydrogens is 168 g/mol. The van der Waals surface area contributed by atoms with Gasteiger partial charge in [0.15, 0.2) is 0 Å². The third kappa shape index (κ3) is 5.42. The fourth-order valence-corrected chi connectivity index (χ4v) is 1.60. The van der Waals surface area contributed by atoms with Gasteiger partial charge in [-0.3, -0.25) is 0 Å². The van der Waals surface area contributed by atoms with Crippen molar-refractivity contribution < 1.29 is 0 Å². The zero-order chi connectivity index (χ0) is 9.40. The van der Waals surface area contributed by atoms with Crippen LogP contribution in [0.5, 0.6) is 0 Å². The molecule has 0 bridgehead atoms. The number of alkyl halides is 1. The first-order chi connectivity index (χ1) is 5.72. The molecule has 70 valence electrons. The van der Waals surface area contributed by atoms with Gasteiger partial charge in [0.05, 0.1) is 0 Å². The summed E-state index contributed by atoms with van der Waals surface area (Å²) in [4.78, 5) is 0. The van der Waals surface area contributed by atoms with Gasteiger partial charge in [0.25, 0.3) is 0 Å². The molecule has 0 aromatic rings. The molecule has 0 radical (unpaired) electrons. The van der Waals surface area contributed by atoms with Crippen LogP contribution in [-0.2, 0) is 0 Å². The average Bonchev–Trinajstić information content (AvgIpc) is 2.04. The Morgan fingerprint density at radius 1 is 1.42 bits per heavy atom. The summed E-state index contributed by atoms with van der Waals surface area (Å²) in [7, 11) is 0. The number of hydrogen-bond acceptors (Lipinski definition) is 0. The van der Waals surface area contributed by atoms with Gasteiger partial charge in [-0.05, 0) is 24.7 Å². The van der Waals surface area contributed by atoms with E-state index in [2.05, 4.69) is 26.5 Å². The maximum atomic E-state index is 5.83. The molecule has 1 heteroatoms. The predicted octanol–water partition coefficient (Wildman–Crippen LogP) is 4.02. The summed E-state index contributed by atoms with van der Waals surface area (Å²) in [6, 6.07) is 0. The van der Waals surface area contributed by atoms with E-state index >= 15 is 0 Å². The van der Waals surface area contributed by atoms with Crippen molar-refractivity contribution in [1.29, 1.82) is 0 Å². The lowest BCUT2D eigenvalue weighted by molar-refractivity contribution is 0.400. The minimum atomic E-state index is 0.654. The zero-order valence-corrected chi connectivity index (χ0v) is 8.85. The molecule has 0 aliphatic rings. The smallest absolute Gasteiger partial charge is 0.0254 e. The van der Waals surface area contributed by atoms with Crippen LogP contribution in [0.15, 0.2) is 24.8 Å². The fourth-order valence-electron chi connectivity index (χ4n) is 1.09. The molecule has 0 nitrogen and oxygen atoms in total. The molecule has 0 heterocycles. The lowest BCUT2D eigenvalue weighted by Crippen LogP contribution is -2.09. The van der Waals surface area contributed by atoms with Crippen molar-refractivity contribution >= 4 is 11.6 Å². The van der Waals surface area contributed by atoms with Crippen LogP contribution >= 0.6 is 11.6 Å². The average molecular weight is 187 g/mol. The van der Waals surface area contributed by atoms with Crippen molar-refractivity contribution in [3.8, 4) is 0 Å². The highest BCUT2D eigenvalue weighted by Gasteiger charge is 2.09. The van der Waals surface area contributed by atoms with Crippen molar-refractivity contribution in [1.82, 2.24) is 0 Å². The van der Waals surface area contributed by atoms with Crippen molar-refractivity contribution in [3.05, 3.63) is 24.8 Å². The Morgan fingerprint density at radius 2 is 2.08 bits per heavy atom. The Labute approximate surface area is 81.3 Å². The standard InChI is InChI=1S/C11H19Cl/c1-4-5-6-7-8-11(9-12)10(2)3/h4-6,10-11H,1,7-9H2,2-3H3/b6-5+. The van der Waals surface area contributed by atoms with Crippen molar-refractivity contribution in [3.63, 3.8) is 0 Å². The molecule has 1 atom stereocenters. The minimum absolute atomic E-state index is 0.654. The molecule has 0 saturated heterocycles. The highest BCUT2D eigenvalue weighted by molar-refractivity contribution is 6.18. The van der Waals surface area contributed by atoms with E-state index in [1.165, 1.54) is 6.42 Å². The number of halogens is 1. The van der Waals surface area contributed by atoms with Gasteiger partial charge in [0.2, 0.25) is 0 Å². The monoisotopic (exact) mass is 186 g/mol. The Bertz CT molecular complexity index is 136. The SMILES string of the molecule is C=C/C=C/CCC(CCl)C(C)C. The highest BCUT2D eigenvalue weighted by atomic mass is 35.5. The van der Waals surface area contributed by atoms with Crippen molar-refractivity contribution in [2.75, 3.05) is 5.88 Å². The normalized spacial score (nSPS) is 14.0. The van der Waals surface area contributed by atoms with E-state index in [0.29, 0.717) is 11.8 Å². The van der Waals surface area contributed by atoms with Crippen LogP contribution in [-0.4, -0.2) is 5.88 Å². The second-order valence-electron chi connectivity index (χ2n) is 3.40. The Kier molecular flexibility index (Phi) is 7.28. The van der Waals surface area contributed by atoms with Crippen molar-refractivity contribution in [2.24, 2.45) is 11.8 Å². The molecule has 0 aliphatic carbocycles. The third-order valence-electron chi connectivity index (χ3n) is 2.12. The van der Waals surface area contributed by atoms with Gasteiger partial charge >= 0.3 is 0 Å². The summed E-state index contributed by atoms with van der Waals surface area (Å²) in [6.45, 7) is 8.07. The molecule has 0 spiro atoms. The Morgan fingerprint density at radius 3 is 2.50 bits per heavy atom. The molecule has 0 N–H and O–H groups in total. The van der Waals surface area contributed by atoms with E-state index in [1.807, 2.05) is 12.2 Å². The Balaban J connectivity index is 3.58. The lowest BCUT2D eigenvalue weighted by Gasteiger charge is -2.16. The molecule has 0 fully saturated rings. The van der Waals surface area contributed by atoms with E-state index in [0.717, 1.165) is 12.3 Å². The van der Waals surface area contributed by atoms with E-state index < -0.39 is 0 Å². The molecule has 0 aromatic carbocycles. The summed E-state index contributed by atoms with van der Waals surface area (Å²) in [5.41, 5.74) is 0. The molecule has 0 amide bonds. The number of allylic oxidation sites excluding steroid dienone is 3. The summed E-state index contributed by atoms with van der Waals surface area (Å²) < 4.78 is 0. The van der Waals surface area contributed by atoms with E-state index in [9.17, 15) is 0 Å². The van der Waals surface area contributed by atoms with E-state index in [1.54, 1.807) is 0 Å². The maximum Gasteiger partial charge on any atom is 0.0254 e. The van der Waals surface area contributed by atoms with Crippen LogP contribution in [0.4, 0.5) is 0 Å². The number of rotatable bonds is 6. The molecular formula is C11H19Cl. The quantitative estimate of drug-likeness (QED) is 0.434. The maximum absolute atomic E-state index is 5.83. The van der Waals surface area contributed by atoms with E-state index in [-0.39, 0.29) is 0 Å². The van der Waals surface area contributed by atoms with Gasteiger partial charge in [-0.2, -0.15) is 0 Å². The zero-order valence-electron chi connectivity index (χ0n) is 8.09. The van der Waals surface area contributed by atoms with Gasteiger partial charge in [-0.25, -0.2) is 0 Å². The minimum Gasteiger partial charge on any atom is -0.126 e. The van der Waals surface area contributed by atoms with Crippen molar-refractivity contribution in [2.45, 2.75) is 26.7 Å². The van der Waals surface area contributed by atoms with Gasteiger partial charge in [0.1, 0.15) is 0 Å². The lowest BCUT2D eigenvalue weighted by atomic mass is 9.93.